The van der Waals surface area contributed by atoms with E-state index in [4.69, 9.17) is 5.11 Å². The van der Waals surface area contributed by atoms with Crippen LogP contribution in [-0.4, -0.2) is 35.1 Å². The Morgan fingerprint density at radius 1 is 1.35 bits per heavy atom. The number of anilines is 1. The van der Waals surface area contributed by atoms with Gasteiger partial charge in [0.1, 0.15) is 0 Å². The molecule has 2 atom stereocenters. The van der Waals surface area contributed by atoms with Crippen LogP contribution in [0.3, 0.4) is 0 Å². The van der Waals surface area contributed by atoms with Crippen molar-refractivity contribution in [3.63, 3.8) is 0 Å². The van der Waals surface area contributed by atoms with Crippen molar-refractivity contribution < 1.29 is 14.7 Å². The summed E-state index contributed by atoms with van der Waals surface area (Å²) in [6.45, 7) is 4.66. The van der Waals surface area contributed by atoms with Crippen molar-refractivity contribution in [3.8, 4) is 0 Å². The molecule has 0 spiro atoms. The molecular formula is C15H20N2O3. The van der Waals surface area contributed by atoms with Gasteiger partial charge in [0.25, 0.3) is 0 Å². The first-order valence-electron chi connectivity index (χ1n) is 6.89. The first-order valence-corrected chi connectivity index (χ1v) is 6.89. The molecule has 2 amide bonds. The minimum atomic E-state index is -0.832. The molecule has 108 valence electrons. The summed E-state index contributed by atoms with van der Waals surface area (Å²) in [5.74, 6) is -1.32. The van der Waals surface area contributed by atoms with Crippen LogP contribution in [0, 0.1) is 11.8 Å². The Hall–Kier alpha value is -2.04. The zero-order chi connectivity index (χ0) is 14.7. The van der Waals surface area contributed by atoms with Gasteiger partial charge in [-0.3, -0.25) is 4.79 Å². The number of carbonyl (C=O) groups excluding carboxylic acids is 1. The average Bonchev–Trinajstić information content (AvgIpc) is 2.81. The predicted molar refractivity (Wildman–Crippen MR) is 76.7 cm³/mol. The molecule has 1 aromatic rings. The van der Waals surface area contributed by atoms with Crippen LogP contribution >= 0.6 is 0 Å². The number of urea groups is 1. The molecule has 0 radical (unpaired) electrons. The minimum Gasteiger partial charge on any atom is -0.481 e. The van der Waals surface area contributed by atoms with E-state index in [1.807, 2.05) is 38.1 Å². The number of likely N-dealkylation sites (tertiary alicyclic amines) is 1. The third-order valence-corrected chi connectivity index (χ3v) is 3.86. The molecule has 5 nitrogen and oxygen atoms in total. The van der Waals surface area contributed by atoms with E-state index >= 15 is 0 Å². The van der Waals surface area contributed by atoms with Gasteiger partial charge in [-0.25, -0.2) is 4.79 Å². The topological polar surface area (TPSA) is 69.6 Å². The monoisotopic (exact) mass is 276 g/mol. The fourth-order valence-electron chi connectivity index (χ4n) is 2.60. The van der Waals surface area contributed by atoms with E-state index in [0.717, 1.165) is 17.7 Å². The number of hydrogen-bond donors (Lipinski definition) is 2. The van der Waals surface area contributed by atoms with Gasteiger partial charge in [0.2, 0.25) is 0 Å². The Labute approximate surface area is 118 Å². The lowest BCUT2D eigenvalue weighted by atomic mass is 9.99. The first kappa shape index (κ1) is 14.4. The fourth-order valence-corrected chi connectivity index (χ4v) is 2.60. The Bertz CT molecular complexity index is 516. The van der Waals surface area contributed by atoms with Crippen LogP contribution in [-0.2, 0) is 11.2 Å². The zero-order valence-corrected chi connectivity index (χ0v) is 11.8. The van der Waals surface area contributed by atoms with Crippen molar-refractivity contribution in [2.75, 3.05) is 18.4 Å². The van der Waals surface area contributed by atoms with E-state index in [1.54, 1.807) is 4.90 Å². The largest absolute Gasteiger partial charge is 0.481 e. The lowest BCUT2D eigenvalue weighted by molar-refractivity contribution is -0.142. The molecule has 2 N–H and O–H groups in total. The quantitative estimate of drug-likeness (QED) is 0.890. The summed E-state index contributed by atoms with van der Waals surface area (Å²) >= 11 is 0. The number of amides is 2. The van der Waals surface area contributed by atoms with Crippen LogP contribution in [0.4, 0.5) is 10.5 Å². The van der Waals surface area contributed by atoms with Gasteiger partial charge in [-0.15, -0.1) is 0 Å². The summed E-state index contributed by atoms with van der Waals surface area (Å²) in [4.78, 5) is 24.9. The van der Waals surface area contributed by atoms with Gasteiger partial charge in [-0.1, -0.05) is 32.0 Å². The number of nitrogens with zero attached hydrogens (tertiary/aromatic N) is 1. The third-order valence-electron chi connectivity index (χ3n) is 3.86. The van der Waals surface area contributed by atoms with Crippen molar-refractivity contribution in [3.05, 3.63) is 29.8 Å². The Balaban J connectivity index is 2.04. The molecular weight excluding hydrogens is 256 g/mol. The normalized spacial score (nSPS) is 21.8. The molecule has 1 aliphatic heterocycles. The number of carboxylic acid groups (broad SMARTS) is 1. The van der Waals surface area contributed by atoms with Gasteiger partial charge in [-0.05, 0) is 24.0 Å². The van der Waals surface area contributed by atoms with E-state index in [1.165, 1.54) is 0 Å². The number of hydrogen-bond acceptors (Lipinski definition) is 2. The minimum absolute atomic E-state index is 0.0142. The third kappa shape index (κ3) is 2.92. The van der Waals surface area contributed by atoms with E-state index in [0.29, 0.717) is 6.54 Å². The van der Waals surface area contributed by atoms with Crippen molar-refractivity contribution in [2.45, 2.75) is 20.3 Å². The lowest BCUT2D eigenvalue weighted by Crippen LogP contribution is -2.34. The highest BCUT2D eigenvalue weighted by Gasteiger charge is 2.37. The summed E-state index contributed by atoms with van der Waals surface area (Å²) in [5, 5.41) is 12.0. The van der Waals surface area contributed by atoms with Crippen LogP contribution in [0.2, 0.25) is 0 Å². The summed E-state index contributed by atoms with van der Waals surface area (Å²) in [6, 6.07) is 7.43. The predicted octanol–water partition coefficient (Wildman–Crippen LogP) is 2.43. The van der Waals surface area contributed by atoms with Crippen molar-refractivity contribution in [1.29, 1.82) is 0 Å². The molecule has 20 heavy (non-hydrogen) atoms. The number of rotatable bonds is 3. The zero-order valence-electron chi connectivity index (χ0n) is 11.8. The molecule has 0 saturated carbocycles. The van der Waals surface area contributed by atoms with E-state index in [2.05, 4.69) is 5.32 Å². The standard InChI is InChI=1S/C15H20N2O3/c1-3-11-6-4-5-7-13(11)16-15(20)17-8-10(2)12(9-17)14(18)19/h4-7,10,12H,3,8-9H2,1-2H3,(H,16,20)(H,18,19)/t10-,12-/m1/s1. The lowest BCUT2D eigenvalue weighted by Gasteiger charge is -2.18. The highest BCUT2D eigenvalue weighted by Crippen LogP contribution is 2.24. The SMILES string of the molecule is CCc1ccccc1NC(=O)N1C[C@@H](C)[C@H](C(=O)O)C1. The summed E-state index contributed by atoms with van der Waals surface area (Å²) in [6.07, 6.45) is 0.838. The number of carboxylic acids is 1. The van der Waals surface area contributed by atoms with Crippen LogP contribution in [0.5, 0.6) is 0 Å². The maximum Gasteiger partial charge on any atom is 0.321 e. The molecule has 1 saturated heterocycles. The maximum absolute atomic E-state index is 12.2. The summed E-state index contributed by atoms with van der Waals surface area (Å²) in [5.41, 5.74) is 1.87. The smallest absolute Gasteiger partial charge is 0.321 e. The van der Waals surface area contributed by atoms with E-state index < -0.39 is 11.9 Å². The summed E-state index contributed by atoms with van der Waals surface area (Å²) in [7, 11) is 0. The van der Waals surface area contributed by atoms with Gasteiger partial charge in [0.15, 0.2) is 0 Å². The van der Waals surface area contributed by atoms with Crippen LogP contribution in [0.15, 0.2) is 24.3 Å². The summed E-state index contributed by atoms with van der Waals surface area (Å²) < 4.78 is 0. The molecule has 2 rings (SSSR count). The molecule has 0 bridgehead atoms. The van der Waals surface area contributed by atoms with Crippen LogP contribution in [0.1, 0.15) is 19.4 Å². The molecule has 0 unspecified atom stereocenters. The second kappa shape index (κ2) is 5.94. The van der Waals surface area contributed by atoms with E-state index in [9.17, 15) is 9.59 Å². The van der Waals surface area contributed by atoms with Gasteiger partial charge in [0, 0.05) is 18.8 Å². The number of aryl methyl sites for hydroxylation is 1. The number of aliphatic carboxylic acids is 1. The van der Waals surface area contributed by atoms with Crippen LogP contribution in [0.25, 0.3) is 0 Å². The maximum atomic E-state index is 12.2. The second-order valence-corrected chi connectivity index (χ2v) is 5.27. The van der Waals surface area contributed by atoms with Gasteiger partial charge in [0.05, 0.1) is 5.92 Å². The Morgan fingerprint density at radius 3 is 2.65 bits per heavy atom. The average molecular weight is 276 g/mol. The van der Waals surface area contributed by atoms with Crippen LogP contribution < -0.4 is 5.32 Å². The first-order chi connectivity index (χ1) is 9.52. The van der Waals surface area contributed by atoms with E-state index in [-0.39, 0.29) is 18.5 Å². The Kier molecular flexibility index (Phi) is 4.27. The molecule has 1 aromatic carbocycles. The van der Waals surface area contributed by atoms with Crippen molar-refractivity contribution >= 4 is 17.7 Å². The Morgan fingerprint density at radius 2 is 2.05 bits per heavy atom. The van der Waals surface area contributed by atoms with Gasteiger partial charge in [-0.2, -0.15) is 0 Å². The number of carbonyl (C=O) groups is 2. The molecule has 5 heteroatoms. The van der Waals surface area contributed by atoms with Gasteiger partial charge >= 0.3 is 12.0 Å². The van der Waals surface area contributed by atoms with Crippen molar-refractivity contribution in [1.82, 2.24) is 4.90 Å². The fraction of sp³-hybridized carbons (Fsp3) is 0.467. The molecule has 1 aliphatic rings. The second-order valence-electron chi connectivity index (χ2n) is 5.27. The number of benzene rings is 1. The molecule has 0 aromatic heterocycles. The molecule has 1 fully saturated rings. The highest BCUT2D eigenvalue weighted by atomic mass is 16.4. The van der Waals surface area contributed by atoms with Gasteiger partial charge < -0.3 is 15.3 Å². The van der Waals surface area contributed by atoms with Crippen molar-refractivity contribution in [2.24, 2.45) is 11.8 Å². The highest BCUT2D eigenvalue weighted by molar-refractivity contribution is 5.91. The number of nitrogens with one attached hydrogen (secondary N) is 1. The molecule has 1 heterocycles. The molecule has 0 aliphatic carbocycles. The number of para-hydroxylation sites is 1.